The fraction of sp³-hybridized carbons (Fsp3) is 0.441. The van der Waals surface area contributed by atoms with E-state index in [1.165, 1.54) is 4.90 Å². The summed E-state index contributed by atoms with van der Waals surface area (Å²) in [6.45, 7) is 6.86. The number of amides is 4. The van der Waals surface area contributed by atoms with E-state index in [0.717, 1.165) is 10.9 Å². The van der Waals surface area contributed by atoms with Crippen LogP contribution in [-0.4, -0.2) is 83.6 Å². The monoisotopic (exact) mass is 667 g/mol. The van der Waals surface area contributed by atoms with Gasteiger partial charge in [-0.05, 0) is 39.3 Å². The number of ether oxygens (including phenoxy) is 3. The van der Waals surface area contributed by atoms with Gasteiger partial charge in [-0.15, -0.1) is 11.6 Å². The van der Waals surface area contributed by atoms with Crippen molar-refractivity contribution in [2.45, 2.75) is 64.3 Å². The highest BCUT2D eigenvalue weighted by molar-refractivity contribution is 6.19. The SMILES string of the molecule is COc1ccc2c(O[C@@H]3C[C@@H](C(N)=O)N(C(=O)[C@H](CCNC(=O)C(C)CCl)NC(=O)OC(C)(C)C)C3)cc(-c3ccccc3)nc2c1. The van der Waals surface area contributed by atoms with Crippen LogP contribution in [-0.2, 0) is 19.1 Å². The minimum atomic E-state index is -1.13. The third-order valence-corrected chi connectivity index (χ3v) is 8.08. The number of methoxy groups -OCH3 is 1. The van der Waals surface area contributed by atoms with Gasteiger partial charge in [-0.25, -0.2) is 9.78 Å². The molecule has 13 heteroatoms. The number of carbonyl (C=O) groups is 4. The van der Waals surface area contributed by atoms with Gasteiger partial charge in [-0.2, -0.15) is 0 Å². The molecule has 4 rings (SSSR count). The van der Waals surface area contributed by atoms with Crippen LogP contribution in [0, 0.1) is 5.92 Å². The van der Waals surface area contributed by atoms with Gasteiger partial charge in [0.25, 0.3) is 0 Å². The number of alkyl carbamates (subject to hydrolysis) is 1. The molecule has 0 saturated carbocycles. The molecule has 1 aliphatic heterocycles. The van der Waals surface area contributed by atoms with Crippen LogP contribution in [0.3, 0.4) is 0 Å². The van der Waals surface area contributed by atoms with Crippen molar-refractivity contribution in [1.82, 2.24) is 20.5 Å². The second kappa shape index (κ2) is 15.3. The molecule has 1 aliphatic rings. The number of primary amides is 1. The Morgan fingerprint density at radius 3 is 2.47 bits per heavy atom. The summed E-state index contributed by atoms with van der Waals surface area (Å²) in [4.78, 5) is 57.8. The van der Waals surface area contributed by atoms with Crippen molar-refractivity contribution in [2.24, 2.45) is 11.7 Å². The summed E-state index contributed by atoms with van der Waals surface area (Å²) in [5, 5.41) is 6.06. The van der Waals surface area contributed by atoms with Gasteiger partial charge in [-0.3, -0.25) is 14.4 Å². The topological polar surface area (TPSA) is 162 Å². The Balaban J connectivity index is 1.60. The standard InChI is InChI=1S/C34H42ClN5O7/c1-20(18-35)31(42)37-14-13-25(39-33(44)47-34(2,3)4)32(43)40-19-23(16-28(40)30(36)41)46-29-17-26(21-9-7-6-8-10-21)38-27-15-22(45-5)11-12-24(27)29/h6-12,15,17,20,23,25,28H,13-14,16,18-19H2,1-5H3,(H2,36,41)(H,37,42)(H,39,44)/t20?,23-,25+,28+/m1/s1. The van der Waals surface area contributed by atoms with Gasteiger partial charge in [0.1, 0.15) is 35.3 Å². The third kappa shape index (κ3) is 9.25. The van der Waals surface area contributed by atoms with E-state index >= 15 is 0 Å². The molecule has 4 N–H and O–H groups in total. The number of benzene rings is 2. The number of hydrogen-bond acceptors (Lipinski definition) is 8. The molecule has 1 fully saturated rings. The molecule has 1 saturated heterocycles. The molecule has 2 heterocycles. The molecule has 3 aromatic rings. The Hall–Kier alpha value is -4.58. The molecule has 252 valence electrons. The average molecular weight is 668 g/mol. The van der Waals surface area contributed by atoms with Crippen molar-refractivity contribution in [3.05, 3.63) is 54.6 Å². The van der Waals surface area contributed by atoms with Gasteiger partial charge >= 0.3 is 6.09 Å². The number of likely N-dealkylation sites (tertiary alicyclic amines) is 1. The lowest BCUT2D eigenvalue weighted by Crippen LogP contribution is -2.54. The lowest BCUT2D eigenvalue weighted by atomic mass is 10.1. The normalized spacial score (nSPS) is 17.4. The minimum Gasteiger partial charge on any atom is -0.497 e. The number of halogens is 1. The Bertz CT molecular complexity index is 1600. The zero-order valence-electron chi connectivity index (χ0n) is 27.2. The smallest absolute Gasteiger partial charge is 0.408 e. The Morgan fingerprint density at radius 2 is 1.83 bits per heavy atom. The maximum absolute atomic E-state index is 14.0. The van der Waals surface area contributed by atoms with Crippen LogP contribution in [0.5, 0.6) is 11.5 Å². The summed E-state index contributed by atoms with van der Waals surface area (Å²) in [7, 11) is 1.58. The number of nitrogens with zero attached hydrogens (tertiary/aromatic N) is 2. The van der Waals surface area contributed by atoms with Crippen molar-refractivity contribution in [3.63, 3.8) is 0 Å². The maximum atomic E-state index is 14.0. The summed E-state index contributed by atoms with van der Waals surface area (Å²) in [6, 6.07) is 14.8. The molecule has 4 amide bonds. The summed E-state index contributed by atoms with van der Waals surface area (Å²) in [5.41, 5.74) is 7.16. The van der Waals surface area contributed by atoms with Crippen LogP contribution in [0.1, 0.15) is 40.5 Å². The van der Waals surface area contributed by atoms with Crippen LogP contribution >= 0.6 is 11.6 Å². The number of aromatic nitrogens is 1. The third-order valence-electron chi connectivity index (χ3n) is 7.62. The van der Waals surface area contributed by atoms with Gasteiger partial charge < -0.3 is 35.5 Å². The number of alkyl halides is 1. The zero-order chi connectivity index (χ0) is 34.3. The highest BCUT2D eigenvalue weighted by Crippen LogP contribution is 2.34. The van der Waals surface area contributed by atoms with Crippen molar-refractivity contribution in [2.75, 3.05) is 26.1 Å². The van der Waals surface area contributed by atoms with E-state index in [1.807, 2.05) is 48.5 Å². The molecular formula is C34H42ClN5O7. The number of rotatable bonds is 12. The van der Waals surface area contributed by atoms with E-state index in [4.69, 9.17) is 36.5 Å². The largest absolute Gasteiger partial charge is 0.497 e. The molecule has 47 heavy (non-hydrogen) atoms. The quantitative estimate of drug-likeness (QED) is 0.244. The van der Waals surface area contributed by atoms with Crippen LogP contribution in [0.15, 0.2) is 54.6 Å². The highest BCUT2D eigenvalue weighted by atomic mass is 35.5. The second-order valence-corrected chi connectivity index (χ2v) is 12.8. The van der Waals surface area contributed by atoms with Crippen LogP contribution in [0.2, 0.25) is 0 Å². The number of pyridine rings is 1. The van der Waals surface area contributed by atoms with Gasteiger partial charge in [0, 0.05) is 47.8 Å². The summed E-state index contributed by atoms with van der Waals surface area (Å²) in [6.07, 6.45) is -1.26. The highest BCUT2D eigenvalue weighted by Gasteiger charge is 2.42. The Morgan fingerprint density at radius 1 is 1.11 bits per heavy atom. The molecule has 0 radical (unpaired) electrons. The van der Waals surface area contributed by atoms with Crippen molar-refractivity contribution >= 4 is 46.3 Å². The maximum Gasteiger partial charge on any atom is 0.408 e. The first-order chi connectivity index (χ1) is 22.3. The lowest BCUT2D eigenvalue weighted by molar-refractivity contribution is -0.139. The first-order valence-electron chi connectivity index (χ1n) is 15.4. The lowest BCUT2D eigenvalue weighted by Gasteiger charge is -2.29. The molecule has 0 bridgehead atoms. The molecule has 12 nitrogen and oxygen atoms in total. The predicted octanol–water partition coefficient (Wildman–Crippen LogP) is 4.02. The first-order valence-corrected chi connectivity index (χ1v) is 16.0. The Kier molecular flexibility index (Phi) is 11.5. The fourth-order valence-corrected chi connectivity index (χ4v) is 5.36. The molecule has 1 unspecified atom stereocenters. The van der Waals surface area contributed by atoms with E-state index in [9.17, 15) is 19.2 Å². The molecule has 2 aromatic carbocycles. The number of carbonyl (C=O) groups excluding carboxylic acids is 4. The number of fused-ring (bicyclic) bond motifs is 1. The van der Waals surface area contributed by atoms with E-state index < -0.39 is 47.6 Å². The molecule has 0 aliphatic carbocycles. The second-order valence-electron chi connectivity index (χ2n) is 12.5. The van der Waals surface area contributed by atoms with Crippen molar-refractivity contribution in [3.8, 4) is 22.8 Å². The van der Waals surface area contributed by atoms with Crippen LogP contribution < -0.4 is 25.8 Å². The average Bonchev–Trinajstić information content (AvgIpc) is 3.46. The minimum absolute atomic E-state index is 0.0230. The fourth-order valence-electron chi connectivity index (χ4n) is 5.22. The van der Waals surface area contributed by atoms with Gasteiger partial charge in [0.15, 0.2) is 0 Å². The van der Waals surface area contributed by atoms with Crippen molar-refractivity contribution < 1.29 is 33.4 Å². The van der Waals surface area contributed by atoms with E-state index in [-0.39, 0.29) is 37.7 Å². The molecule has 1 aromatic heterocycles. The number of hydrogen-bond donors (Lipinski definition) is 3. The Labute approximate surface area is 279 Å². The predicted molar refractivity (Wildman–Crippen MR) is 178 cm³/mol. The summed E-state index contributed by atoms with van der Waals surface area (Å²) >= 11 is 5.80. The molecule has 4 atom stereocenters. The number of nitrogens with two attached hydrogens (primary N) is 1. The van der Waals surface area contributed by atoms with Crippen LogP contribution in [0.4, 0.5) is 4.79 Å². The molecule has 0 spiro atoms. The van der Waals surface area contributed by atoms with E-state index in [1.54, 1.807) is 40.9 Å². The first kappa shape index (κ1) is 35.3. The zero-order valence-corrected chi connectivity index (χ0v) is 28.0. The summed E-state index contributed by atoms with van der Waals surface area (Å²) < 4.78 is 17.3. The van der Waals surface area contributed by atoms with Gasteiger partial charge in [-0.1, -0.05) is 37.3 Å². The molecular weight excluding hydrogens is 626 g/mol. The van der Waals surface area contributed by atoms with Crippen molar-refractivity contribution in [1.29, 1.82) is 0 Å². The summed E-state index contributed by atoms with van der Waals surface area (Å²) in [5.74, 6) is -0.715. The van der Waals surface area contributed by atoms with Gasteiger partial charge in [0.2, 0.25) is 17.7 Å². The van der Waals surface area contributed by atoms with Gasteiger partial charge in [0.05, 0.1) is 24.9 Å². The van der Waals surface area contributed by atoms with E-state index in [0.29, 0.717) is 22.7 Å². The van der Waals surface area contributed by atoms with E-state index in [2.05, 4.69) is 10.6 Å². The number of nitrogens with one attached hydrogen (secondary N) is 2. The van der Waals surface area contributed by atoms with Crippen LogP contribution in [0.25, 0.3) is 22.2 Å².